The summed E-state index contributed by atoms with van der Waals surface area (Å²) in [6.07, 6.45) is 0.946. The molecule has 0 aromatic heterocycles. The first-order chi connectivity index (χ1) is 8.70. The molecule has 2 heteroatoms. The molecule has 1 atom stereocenters. The Bertz CT molecular complexity index is 522. The largest absolute Gasteiger partial charge is 0.313 e. The van der Waals surface area contributed by atoms with E-state index in [-0.39, 0.29) is 6.04 Å². The lowest BCUT2D eigenvalue weighted by Crippen LogP contribution is -2.19. The van der Waals surface area contributed by atoms with E-state index in [2.05, 4.69) is 42.6 Å². The van der Waals surface area contributed by atoms with Crippen molar-refractivity contribution >= 4 is 11.6 Å². The van der Waals surface area contributed by atoms with Gasteiger partial charge in [0.1, 0.15) is 0 Å². The van der Waals surface area contributed by atoms with Crippen LogP contribution in [-0.2, 0) is 6.42 Å². The van der Waals surface area contributed by atoms with Gasteiger partial charge in [0.2, 0.25) is 0 Å². The van der Waals surface area contributed by atoms with Gasteiger partial charge in [0.15, 0.2) is 0 Å². The van der Waals surface area contributed by atoms with Gasteiger partial charge in [-0.3, -0.25) is 0 Å². The Labute approximate surface area is 114 Å². The highest BCUT2D eigenvalue weighted by atomic mass is 35.5. The van der Waals surface area contributed by atoms with Crippen molar-refractivity contribution in [3.63, 3.8) is 0 Å². The molecule has 0 aliphatic rings. The van der Waals surface area contributed by atoms with Crippen molar-refractivity contribution in [1.29, 1.82) is 0 Å². The summed E-state index contributed by atoms with van der Waals surface area (Å²) in [5.74, 6) is 0. The Morgan fingerprint density at radius 3 is 2.56 bits per heavy atom. The minimum atomic E-state index is 0.250. The first kappa shape index (κ1) is 13.1. The fraction of sp³-hybridized carbons (Fsp3) is 0.250. The Morgan fingerprint density at radius 1 is 1.11 bits per heavy atom. The van der Waals surface area contributed by atoms with Crippen molar-refractivity contribution < 1.29 is 0 Å². The van der Waals surface area contributed by atoms with E-state index < -0.39 is 0 Å². The topological polar surface area (TPSA) is 12.0 Å². The van der Waals surface area contributed by atoms with E-state index in [9.17, 15) is 0 Å². The van der Waals surface area contributed by atoms with Crippen LogP contribution in [-0.4, -0.2) is 7.05 Å². The highest BCUT2D eigenvalue weighted by Gasteiger charge is 2.12. The van der Waals surface area contributed by atoms with Gasteiger partial charge < -0.3 is 5.32 Å². The van der Waals surface area contributed by atoms with E-state index >= 15 is 0 Å². The molecule has 0 radical (unpaired) electrons. The second kappa shape index (κ2) is 6.03. The van der Waals surface area contributed by atoms with Crippen molar-refractivity contribution in [2.75, 3.05) is 7.05 Å². The molecular weight excluding hydrogens is 242 g/mol. The maximum atomic E-state index is 6.26. The zero-order valence-corrected chi connectivity index (χ0v) is 11.5. The van der Waals surface area contributed by atoms with Crippen LogP contribution in [0, 0.1) is 6.92 Å². The number of hydrogen-bond acceptors (Lipinski definition) is 1. The number of rotatable bonds is 4. The van der Waals surface area contributed by atoms with Crippen molar-refractivity contribution in [2.24, 2.45) is 0 Å². The molecule has 0 amide bonds. The van der Waals surface area contributed by atoms with E-state index in [1.807, 2.05) is 25.2 Å². The fourth-order valence-electron chi connectivity index (χ4n) is 2.20. The second-order valence-electron chi connectivity index (χ2n) is 4.56. The van der Waals surface area contributed by atoms with Gasteiger partial charge >= 0.3 is 0 Å². The predicted molar refractivity (Wildman–Crippen MR) is 78.1 cm³/mol. The Morgan fingerprint density at radius 2 is 1.89 bits per heavy atom. The smallest absolute Gasteiger partial charge is 0.0453 e. The molecule has 1 nitrogen and oxygen atoms in total. The molecule has 0 spiro atoms. The molecule has 2 aromatic carbocycles. The first-order valence-corrected chi connectivity index (χ1v) is 6.55. The molecule has 1 N–H and O–H groups in total. The molecule has 0 saturated carbocycles. The fourth-order valence-corrected chi connectivity index (χ4v) is 2.47. The Balaban J connectivity index is 2.23. The molecule has 18 heavy (non-hydrogen) atoms. The number of halogens is 1. The standard InChI is InChI=1S/C16H18ClN/c1-12-6-5-7-13(10-12)11-16(18-2)14-8-3-4-9-15(14)17/h3-10,16,18H,11H2,1-2H3. The maximum absolute atomic E-state index is 6.26. The van der Waals surface area contributed by atoms with Gasteiger partial charge in [-0.1, -0.05) is 59.6 Å². The molecule has 0 fully saturated rings. The van der Waals surface area contributed by atoms with Crippen LogP contribution in [0.25, 0.3) is 0 Å². The van der Waals surface area contributed by atoms with E-state index in [1.54, 1.807) is 0 Å². The van der Waals surface area contributed by atoms with Gasteiger partial charge in [-0.05, 0) is 37.6 Å². The molecule has 2 aromatic rings. The Hall–Kier alpha value is -1.31. The Kier molecular flexibility index (Phi) is 4.40. The minimum Gasteiger partial charge on any atom is -0.313 e. The van der Waals surface area contributed by atoms with Crippen LogP contribution >= 0.6 is 11.6 Å². The summed E-state index contributed by atoms with van der Waals surface area (Å²) in [6.45, 7) is 2.12. The van der Waals surface area contributed by atoms with Crippen LogP contribution in [0.1, 0.15) is 22.7 Å². The van der Waals surface area contributed by atoms with Crippen LogP contribution in [0.4, 0.5) is 0 Å². The zero-order valence-electron chi connectivity index (χ0n) is 10.8. The van der Waals surface area contributed by atoms with E-state index in [1.165, 1.54) is 11.1 Å². The van der Waals surface area contributed by atoms with Crippen molar-refractivity contribution in [3.8, 4) is 0 Å². The van der Waals surface area contributed by atoms with E-state index in [0.717, 1.165) is 17.0 Å². The second-order valence-corrected chi connectivity index (χ2v) is 4.96. The molecular formula is C16H18ClN. The van der Waals surface area contributed by atoms with Gasteiger partial charge in [0.25, 0.3) is 0 Å². The first-order valence-electron chi connectivity index (χ1n) is 6.18. The number of hydrogen-bond donors (Lipinski definition) is 1. The van der Waals surface area contributed by atoms with Crippen molar-refractivity contribution in [3.05, 3.63) is 70.2 Å². The summed E-state index contributed by atoms with van der Waals surface area (Å²) in [7, 11) is 1.98. The van der Waals surface area contributed by atoms with Gasteiger partial charge in [0.05, 0.1) is 0 Å². The van der Waals surface area contributed by atoms with Crippen LogP contribution in [0.3, 0.4) is 0 Å². The van der Waals surface area contributed by atoms with Crippen LogP contribution in [0.15, 0.2) is 48.5 Å². The summed E-state index contributed by atoms with van der Waals surface area (Å²) >= 11 is 6.26. The van der Waals surface area contributed by atoms with Crippen LogP contribution < -0.4 is 5.32 Å². The summed E-state index contributed by atoms with van der Waals surface area (Å²) in [4.78, 5) is 0. The van der Waals surface area contributed by atoms with Crippen LogP contribution in [0.2, 0.25) is 5.02 Å². The van der Waals surface area contributed by atoms with Gasteiger partial charge in [-0.15, -0.1) is 0 Å². The average Bonchev–Trinajstić information content (AvgIpc) is 2.37. The van der Waals surface area contributed by atoms with E-state index in [0.29, 0.717) is 0 Å². The number of likely N-dealkylation sites (N-methyl/N-ethyl adjacent to an activating group) is 1. The number of benzene rings is 2. The lowest BCUT2D eigenvalue weighted by molar-refractivity contribution is 0.592. The predicted octanol–water partition coefficient (Wildman–Crippen LogP) is 4.15. The zero-order chi connectivity index (χ0) is 13.0. The molecule has 0 aliphatic carbocycles. The lowest BCUT2D eigenvalue weighted by atomic mass is 9.98. The van der Waals surface area contributed by atoms with Crippen LogP contribution in [0.5, 0.6) is 0 Å². The molecule has 2 rings (SSSR count). The summed E-state index contributed by atoms with van der Waals surface area (Å²) in [5, 5.41) is 4.17. The summed E-state index contributed by atoms with van der Waals surface area (Å²) in [6, 6.07) is 16.9. The third-order valence-electron chi connectivity index (χ3n) is 3.15. The lowest BCUT2D eigenvalue weighted by Gasteiger charge is -2.18. The monoisotopic (exact) mass is 259 g/mol. The maximum Gasteiger partial charge on any atom is 0.0453 e. The third-order valence-corrected chi connectivity index (χ3v) is 3.50. The summed E-state index contributed by atoms with van der Waals surface area (Å²) < 4.78 is 0. The van der Waals surface area contributed by atoms with Gasteiger partial charge in [-0.25, -0.2) is 0 Å². The van der Waals surface area contributed by atoms with Gasteiger partial charge in [-0.2, -0.15) is 0 Å². The molecule has 0 saturated heterocycles. The highest BCUT2D eigenvalue weighted by molar-refractivity contribution is 6.31. The van der Waals surface area contributed by atoms with Gasteiger partial charge in [0, 0.05) is 11.1 Å². The quantitative estimate of drug-likeness (QED) is 0.870. The highest BCUT2D eigenvalue weighted by Crippen LogP contribution is 2.25. The van der Waals surface area contributed by atoms with Crippen molar-refractivity contribution in [1.82, 2.24) is 5.32 Å². The van der Waals surface area contributed by atoms with E-state index in [4.69, 9.17) is 11.6 Å². The SMILES string of the molecule is CNC(Cc1cccc(C)c1)c1ccccc1Cl. The third kappa shape index (κ3) is 3.12. The molecule has 94 valence electrons. The molecule has 0 heterocycles. The molecule has 1 unspecified atom stereocenters. The minimum absolute atomic E-state index is 0.250. The molecule has 0 bridgehead atoms. The number of nitrogens with one attached hydrogen (secondary N) is 1. The summed E-state index contributed by atoms with van der Waals surface area (Å²) in [5.41, 5.74) is 3.78. The average molecular weight is 260 g/mol. The number of aryl methyl sites for hydroxylation is 1. The molecule has 0 aliphatic heterocycles. The normalized spacial score (nSPS) is 12.4. The van der Waals surface area contributed by atoms with Crippen molar-refractivity contribution in [2.45, 2.75) is 19.4 Å².